The summed E-state index contributed by atoms with van der Waals surface area (Å²) in [5.41, 5.74) is 1.98. The molecule has 1 amide bonds. The maximum Gasteiger partial charge on any atom is 0.262 e. The molecular formula is C23H21N5O2S2. The van der Waals surface area contributed by atoms with Crippen molar-refractivity contribution in [3.05, 3.63) is 71.1 Å². The first kappa shape index (κ1) is 20.8. The lowest BCUT2D eigenvalue weighted by atomic mass is 10.2. The summed E-state index contributed by atoms with van der Waals surface area (Å²) in [6, 6.07) is 17.6. The van der Waals surface area contributed by atoms with E-state index in [0.29, 0.717) is 28.0 Å². The van der Waals surface area contributed by atoms with Crippen molar-refractivity contribution in [2.24, 2.45) is 0 Å². The van der Waals surface area contributed by atoms with E-state index in [1.54, 1.807) is 16.4 Å². The summed E-state index contributed by atoms with van der Waals surface area (Å²) < 4.78 is 1.64. The van der Waals surface area contributed by atoms with Gasteiger partial charge in [-0.1, -0.05) is 49.0 Å². The summed E-state index contributed by atoms with van der Waals surface area (Å²) in [4.78, 5) is 36.1. The SMILES string of the molecule is CC1CCN(C(=O)CSc2nc3c(cnn3-c3ccccc3)c(=O)[nH]2)c2ccccc2S1. The number of benzene rings is 2. The van der Waals surface area contributed by atoms with Gasteiger partial charge in [0.15, 0.2) is 10.8 Å². The molecular weight excluding hydrogens is 442 g/mol. The monoisotopic (exact) mass is 463 g/mol. The van der Waals surface area contributed by atoms with Gasteiger partial charge >= 0.3 is 0 Å². The first-order valence-corrected chi connectivity index (χ1v) is 12.2. The second-order valence-corrected chi connectivity index (χ2v) is 9.96. The number of nitrogens with one attached hydrogen (secondary N) is 1. The van der Waals surface area contributed by atoms with Crippen LogP contribution in [-0.4, -0.2) is 43.2 Å². The number of carbonyl (C=O) groups excluding carboxylic acids is 1. The van der Waals surface area contributed by atoms with Gasteiger partial charge in [-0.2, -0.15) is 5.10 Å². The third kappa shape index (κ3) is 4.05. The van der Waals surface area contributed by atoms with Crippen molar-refractivity contribution in [1.29, 1.82) is 0 Å². The fourth-order valence-corrected chi connectivity index (χ4v) is 5.52. The van der Waals surface area contributed by atoms with Crippen molar-refractivity contribution >= 4 is 46.2 Å². The molecule has 2 aromatic carbocycles. The Bertz CT molecular complexity index is 1340. The number of hydrogen-bond acceptors (Lipinski definition) is 6. The van der Waals surface area contributed by atoms with Gasteiger partial charge in [-0.25, -0.2) is 9.67 Å². The van der Waals surface area contributed by atoms with Crippen LogP contribution in [0.1, 0.15) is 13.3 Å². The molecule has 0 fully saturated rings. The van der Waals surface area contributed by atoms with Gasteiger partial charge in [0, 0.05) is 16.7 Å². The molecule has 7 nitrogen and oxygen atoms in total. The van der Waals surface area contributed by atoms with Crippen LogP contribution in [0.2, 0.25) is 0 Å². The Morgan fingerprint density at radius 3 is 2.81 bits per heavy atom. The van der Waals surface area contributed by atoms with Crippen LogP contribution < -0.4 is 10.5 Å². The highest BCUT2D eigenvalue weighted by atomic mass is 32.2. The van der Waals surface area contributed by atoms with Crippen LogP contribution in [0.15, 0.2) is 75.6 Å². The minimum Gasteiger partial charge on any atom is -0.311 e. The Morgan fingerprint density at radius 2 is 1.97 bits per heavy atom. The second kappa shape index (κ2) is 8.84. The van der Waals surface area contributed by atoms with Crippen LogP contribution >= 0.6 is 23.5 Å². The molecule has 0 saturated carbocycles. The van der Waals surface area contributed by atoms with Gasteiger partial charge in [0.2, 0.25) is 5.91 Å². The molecule has 1 N–H and O–H groups in total. The first-order chi connectivity index (χ1) is 15.6. The van der Waals surface area contributed by atoms with E-state index in [0.717, 1.165) is 22.7 Å². The van der Waals surface area contributed by atoms with Crippen molar-refractivity contribution in [1.82, 2.24) is 19.7 Å². The minimum absolute atomic E-state index is 0.00328. The summed E-state index contributed by atoms with van der Waals surface area (Å²) in [7, 11) is 0. The third-order valence-corrected chi connectivity index (χ3v) is 7.39. The van der Waals surface area contributed by atoms with Crippen molar-refractivity contribution in [2.45, 2.75) is 28.6 Å². The normalized spacial score (nSPS) is 16.0. The molecule has 1 atom stereocenters. The lowest BCUT2D eigenvalue weighted by molar-refractivity contribution is -0.116. The number of amides is 1. The highest BCUT2D eigenvalue weighted by molar-refractivity contribution is 8.00. The predicted molar refractivity (Wildman–Crippen MR) is 129 cm³/mol. The predicted octanol–water partition coefficient (Wildman–Crippen LogP) is 4.12. The van der Waals surface area contributed by atoms with Crippen LogP contribution in [0.5, 0.6) is 0 Å². The van der Waals surface area contributed by atoms with E-state index in [1.165, 1.54) is 18.0 Å². The van der Waals surface area contributed by atoms with Crippen molar-refractivity contribution < 1.29 is 4.79 Å². The van der Waals surface area contributed by atoms with Crippen LogP contribution in [0.3, 0.4) is 0 Å². The maximum absolute atomic E-state index is 13.1. The fraction of sp³-hybridized carbons (Fsp3) is 0.217. The number of rotatable bonds is 4. The Hall–Kier alpha value is -3.04. The maximum atomic E-state index is 13.1. The minimum atomic E-state index is -0.266. The van der Waals surface area contributed by atoms with Crippen molar-refractivity contribution in [3.63, 3.8) is 0 Å². The molecule has 1 unspecified atom stereocenters. The molecule has 0 radical (unpaired) electrons. The number of nitrogens with zero attached hydrogens (tertiary/aromatic N) is 4. The average molecular weight is 464 g/mol. The van der Waals surface area contributed by atoms with Gasteiger partial charge in [0.05, 0.1) is 23.3 Å². The van der Waals surface area contributed by atoms with Gasteiger partial charge in [-0.3, -0.25) is 9.59 Å². The number of aromatic amines is 1. The molecule has 4 aromatic rings. The molecule has 0 aliphatic carbocycles. The van der Waals surface area contributed by atoms with Crippen molar-refractivity contribution in [3.8, 4) is 5.69 Å². The van der Waals surface area contributed by atoms with Gasteiger partial charge in [-0.15, -0.1) is 11.8 Å². The molecule has 32 heavy (non-hydrogen) atoms. The molecule has 5 rings (SSSR count). The Balaban J connectivity index is 1.40. The van der Waals surface area contributed by atoms with Gasteiger partial charge in [-0.05, 0) is 30.7 Å². The Labute approximate surface area is 193 Å². The lowest BCUT2D eigenvalue weighted by Gasteiger charge is -2.22. The topological polar surface area (TPSA) is 83.9 Å². The van der Waals surface area contributed by atoms with Crippen LogP contribution in [-0.2, 0) is 4.79 Å². The second-order valence-electron chi connectivity index (χ2n) is 7.52. The fourth-order valence-electron chi connectivity index (χ4n) is 3.68. The third-order valence-electron chi connectivity index (χ3n) is 5.29. The summed E-state index contributed by atoms with van der Waals surface area (Å²) in [6.45, 7) is 2.86. The Kier molecular flexibility index (Phi) is 5.75. The number of fused-ring (bicyclic) bond motifs is 2. The standard InChI is InChI=1S/C23H21N5O2S2/c1-15-11-12-27(18-9-5-6-10-19(18)32-15)20(29)14-31-23-25-21-17(22(30)26-23)13-24-28(21)16-7-3-2-4-8-16/h2-10,13,15H,11-12,14H2,1H3,(H,25,26,30). The molecule has 3 heterocycles. The van der Waals surface area contributed by atoms with Crippen LogP contribution in [0, 0.1) is 0 Å². The zero-order valence-electron chi connectivity index (χ0n) is 17.4. The van der Waals surface area contributed by atoms with E-state index in [4.69, 9.17) is 0 Å². The summed E-state index contributed by atoms with van der Waals surface area (Å²) in [5.74, 6) is 0.179. The van der Waals surface area contributed by atoms with Gasteiger partial charge < -0.3 is 9.88 Å². The number of para-hydroxylation sites is 2. The lowest BCUT2D eigenvalue weighted by Crippen LogP contribution is -2.33. The Morgan fingerprint density at radius 1 is 1.19 bits per heavy atom. The summed E-state index contributed by atoms with van der Waals surface area (Å²) >= 11 is 3.04. The zero-order chi connectivity index (χ0) is 22.1. The molecule has 0 spiro atoms. The number of H-pyrrole nitrogens is 1. The van der Waals surface area contributed by atoms with Crippen molar-refractivity contribution in [2.75, 3.05) is 17.2 Å². The molecule has 0 saturated heterocycles. The van der Waals surface area contributed by atoms with Gasteiger partial charge in [0.1, 0.15) is 5.39 Å². The summed E-state index contributed by atoms with van der Waals surface area (Å²) in [6.07, 6.45) is 2.44. The molecule has 162 valence electrons. The molecule has 0 bridgehead atoms. The van der Waals surface area contributed by atoms with Crippen LogP contribution in [0.4, 0.5) is 5.69 Å². The van der Waals surface area contributed by atoms with E-state index in [2.05, 4.69) is 28.1 Å². The van der Waals surface area contributed by atoms with E-state index in [9.17, 15) is 9.59 Å². The van der Waals surface area contributed by atoms with E-state index in [-0.39, 0.29) is 17.2 Å². The van der Waals surface area contributed by atoms with Crippen LogP contribution in [0.25, 0.3) is 16.7 Å². The molecule has 1 aliphatic heterocycles. The zero-order valence-corrected chi connectivity index (χ0v) is 19.0. The number of carbonyl (C=O) groups is 1. The summed E-state index contributed by atoms with van der Waals surface area (Å²) in [5, 5.41) is 5.59. The number of aromatic nitrogens is 4. The highest BCUT2D eigenvalue weighted by Gasteiger charge is 2.24. The quantitative estimate of drug-likeness (QED) is 0.362. The smallest absolute Gasteiger partial charge is 0.262 e. The van der Waals surface area contributed by atoms with E-state index >= 15 is 0 Å². The molecule has 9 heteroatoms. The van der Waals surface area contributed by atoms with Gasteiger partial charge in [0.25, 0.3) is 5.56 Å². The largest absolute Gasteiger partial charge is 0.311 e. The van der Waals surface area contributed by atoms with E-state index < -0.39 is 0 Å². The molecule has 2 aromatic heterocycles. The first-order valence-electron chi connectivity index (χ1n) is 10.3. The number of hydrogen-bond donors (Lipinski definition) is 1. The average Bonchev–Trinajstić information content (AvgIpc) is 3.16. The number of thioether (sulfide) groups is 2. The highest BCUT2D eigenvalue weighted by Crippen LogP contribution is 2.37. The number of anilines is 1. The van der Waals surface area contributed by atoms with E-state index in [1.807, 2.05) is 53.4 Å². The molecule has 1 aliphatic rings.